The van der Waals surface area contributed by atoms with Crippen molar-refractivity contribution in [2.75, 3.05) is 27.2 Å². The molecule has 0 bridgehead atoms. The first-order valence-electron chi connectivity index (χ1n) is 10.4. The summed E-state index contributed by atoms with van der Waals surface area (Å²) in [6, 6.07) is 18.6. The van der Waals surface area contributed by atoms with Gasteiger partial charge in [-0.2, -0.15) is 0 Å². The number of hydrogen-bond donors (Lipinski definition) is 1. The number of nitrogens with zero attached hydrogens (tertiary/aromatic N) is 4. The lowest BCUT2D eigenvalue weighted by Crippen LogP contribution is -2.38. The molecule has 1 heterocycles. The maximum Gasteiger partial charge on any atom is 0.193 e. The Bertz CT molecular complexity index is 918. The van der Waals surface area contributed by atoms with Crippen molar-refractivity contribution < 1.29 is 4.74 Å². The molecule has 3 rings (SSSR count). The fourth-order valence-corrected chi connectivity index (χ4v) is 3.30. The van der Waals surface area contributed by atoms with Crippen LogP contribution in [0.1, 0.15) is 23.9 Å². The zero-order valence-electron chi connectivity index (χ0n) is 18.1. The zero-order chi connectivity index (χ0) is 21.2. The van der Waals surface area contributed by atoms with E-state index in [1.165, 1.54) is 11.1 Å². The van der Waals surface area contributed by atoms with Crippen LogP contribution in [0.4, 0.5) is 0 Å². The Balaban J connectivity index is 1.60. The van der Waals surface area contributed by atoms with E-state index in [4.69, 9.17) is 9.73 Å². The lowest BCUT2D eigenvalue weighted by atomic mass is 10.2. The van der Waals surface area contributed by atoms with Crippen LogP contribution < -0.4 is 10.1 Å². The topological polar surface area (TPSA) is 54.7 Å². The normalized spacial score (nSPS) is 11.4. The summed E-state index contributed by atoms with van der Waals surface area (Å²) < 4.78 is 7.43. The second kappa shape index (κ2) is 11.0. The summed E-state index contributed by atoms with van der Waals surface area (Å²) >= 11 is 0. The highest BCUT2D eigenvalue weighted by molar-refractivity contribution is 5.79. The van der Waals surface area contributed by atoms with Gasteiger partial charge in [0.2, 0.25) is 0 Å². The summed E-state index contributed by atoms with van der Waals surface area (Å²) in [4.78, 5) is 11.5. The Hall–Kier alpha value is -3.28. The van der Waals surface area contributed by atoms with Crippen molar-refractivity contribution in [1.29, 1.82) is 0 Å². The third-order valence-electron chi connectivity index (χ3n) is 4.87. The van der Waals surface area contributed by atoms with Crippen LogP contribution in [-0.2, 0) is 19.5 Å². The summed E-state index contributed by atoms with van der Waals surface area (Å²) in [6.45, 7) is 5.20. The number of aliphatic imine (C=N–C) groups is 1. The number of rotatable bonds is 9. The lowest BCUT2D eigenvalue weighted by Gasteiger charge is -2.22. The molecule has 1 N–H and O–H groups in total. The van der Waals surface area contributed by atoms with Gasteiger partial charge in [-0.1, -0.05) is 42.5 Å². The van der Waals surface area contributed by atoms with Gasteiger partial charge in [-0.05, 0) is 30.2 Å². The molecule has 0 radical (unpaired) electrons. The van der Waals surface area contributed by atoms with Crippen molar-refractivity contribution in [3.8, 4) is 5.75 Å². The molecular formula is C24H31N5O. The molecule has 1 aromatic heterocycles. The molecule has 0 saturated heterocycles. The van der Waals surface area contributed by atoms with E-state index >= 15 is 0 Å². The standard InChI is InChI=1S/C24H31N5O/c1-4-25-24(28(2)18-21-10-12-22(30-3)13-11-21)27-15-14-23-26-16-17-29(23)19-20-8-6-5-7-9-20/h5-13,16-17H,4,14-15,18-19H2,1-3H3,(H,25,27). The molecule has 30 heavy (non-hydrogen) atoms. The molecule has 0 saturated carbocycles. The number of aromatic nitrogens is 2. The number of ether oxygens (including phenoxy) is 1. The molecule has 0 amide bonds. The van der Waals surface area contributed by atoms with Crippen LogP contribution in [0.5, 0.6) is 5.75 Å². The SMILES string of the molecule is CCNC(=NCCc1nccn1Cc1ccccc1)N(C)Cc1ccc(OC)cc1. The first-order chi connectivity index (χ1) is 14.7. The number of hydrogen-bond acceptors (Lipinski definition) is 3. The maximum atomic E-state index is 5.24. The molecule has 0 fully saturated rings. The van der Waals surface area contributed by atoms with Gasteiger partial charge in [-0.3, -0.25) is 4.99 Å². The highest BCUT2D eigenvalue weighted by Gasteiger charge is 2.08. The number of guanidine groups is 1. The molecule has 0 aliphatic rings. The molecular weight excluding hydrogens is 374 g/mol. The summed E-state index contributed by atoms with van der Waals surface area (Å²) in [5.41, 5.74) is 2.48. The summed E-state index contributed by atoms with van der Waals surface area (Å²) in [5, 5.41) is 3.38. The Kier molecular flexibility index (Phi) is 7.89. The lowest BCUT2D eigenvalue weighted by molar-refractivity contribution is 0.414. The van der Waals surface area contributed by atoms with Gasteiger partial charge in [-0.15, -0.1) is 0 Å². The van der Waals surface area contributed by atoms with Gasteiger partial charge in [0, 0.05) is 52.0 Å². The average molecular weight is 406 g/mol. The smallest absolute Gasteiger partial charge is 0.193 e. The molecule has 0 aliphatic heterocycles. The molecule has 3 aromatic rings. The maximum absolute atomic E-state index is 5.24. The molecule has 0 unspecified atom stereocenters. The summed E-state index contributed by atoms with van der Waals surface area (Å²) in [7, 11) is 3.74. The van der Waals surface area contributed by atoms with Crippen LogP contribution in [-0.4, -0.2) is 47.7 Å². The summed E-state index contributed by atoms with van der Waals surface area (Å²) in [5.74, 6) is 2.82. The van der Waals surface area contributed by atoms with Crippen LogP contribution in [0.15, 0.2) is 72.0 Å². The van der Waals surface area contributed by atoms with Crippen LogP contribution in [0.25, 0.3) is 0 Å². The van der Waals surface area contributed by atoms with E-state index in [9.17, 15) is 0 Å². The van der Waals surface area contributed by atoms with Crippen molar-refractivity contribution in [3.63, 3.8) is 0 Å². The first kappa shape index (κ1) is 21.4. The number of benzene rings is 2. The third-order valence-corrected chi connectivity index (χ3v) is 4.87. The van der Waals surface area contributed by atoms with Gasteiger partial charge in [-0.25, -0.2) is 4.98 Å². The predicted octanol–water partition coefficient (Wildman–Crippen LogP) is 3.58. The Morgan fingerprint density at radius 1 is 1.10 bits per heavy atom. The quantitative estimate of drug-likeness (QED) is 0.437. The van der Waals surface area contributed by atoms with Gasteiger partial charge in [0.1, 0.15) is 11.6 Å². The third kappa shape index (κ3) is 6.11. The van der Waals surface area contributed by atoms with Gasteiger partial charge in [0.15, 0.2) is 5.96 Å². The van der Waals surface area contributed by atoms with E-state index in [2.05, 4.69) is 70.1 Å². The van der Waals surface area contributed by atoms with Crippen molar-refractivity contribution in [2.45, 2.75) is 26.4 Å². The van der Waals surface area contributed by atoms with Crippen molar-refractivity contribution in [2.24, 2.45) is 4.99 Å². The van der Waals surface area contributed by atoms with E-state index in [0.717, 1.165) is 43.6 Å². The zero-order valence-corrected chi connectivity index (χ0v) is 18.1. The molecule has 0 aliphatic carbocycles. The minimum atomic E-state index is 0.682. The fourth-order valence-electron chi connectivity index (χ4n) is 3.30. The highest BCUT2D eigenvalue weighted by atomic mass is 16.5. The van der Waals surface area contributed by atoms with Crippen LogP contribution >= 0.6 is 0 Å². The minimum Gasteiger partial charge on any atom is -0.497 e. The first-order valence-corrected chi connectivity index (χ1v) is 10.4. The van der Waals surface area contributed by atoms with Crippen LogP contribution in [0, 0.1) is 0 Å². The van der Waals surface area contributed by atoms with E-state index in [1.54, 1.807) is 7.11 Å². The van der Waals surface area contributed by atoms with Gasteiger partial charge in [0.25, 0.3) is 0 Å². The van der Waals surface area contributed by atoms with Gasteiger partial charge < -0.3 is 19.5 Å². The Morgan fingerprint density at radius 2 is 1.87 bits per heavy atom. The second-order valence-electron chi connectivity index (χ2n) is 7.15. The van der Waals surface area contributed by atoms with E-state index in [1.807, 2.05) is 30.6 Å². The number of nitrogens with one attached hydrogen (secondary N) is 1. The Morgan fingerprint density at radius 3 is 2.57 bits per heavy atom. The molecule has 158 valence electrons. The molecule has 0 atom stereocenters. The van der Waals surface area contributed by atoms with Crippen molar-refractivity contribution in [1.82, 2.24) is 19.8 Å². The summed E-state index contributed by atoms with van der Waals surface area (Å²) in [6.07, 6.45) is 4.70. The Labute approximate surface area is 179 Å². The number of imidazole rings is 1. The molecule has 0 spiro atoms. The van der Waals surface area contributed by atoms with Crippen LogP contribution in [0.2, 0.25) is 0 Å². The minimum absolute atomic E-state index is 0.682. The average Bonchev–Trinajstić information content (AvgIpc) is 3.21. The number of methoxy groups -OCH3 is 1. The molecule has 6 nitrogen and oxygen atoms in total. The van der Waals surface area contributed by atoms with E-state index < -0.39 is 0 Å². The predicted molar refractivity (Wildman–Crippen MR) is 122 cm³/mol. The highest BCUT2D eigenvalue weighted by Crippen LogP contribution is 2.12. The van der Waals surface area contributed by atoms with Gasteiger partial charge in [0.05, 0.1) is 7.11 Å². The van der Waals surface area contributed by atoms with E-state index in [-0.39, 0.29) is 0 Å². The monoisotopic (exact) mass is 405 g/mol. The van der Waals surface area contributed by atoms with Crippen molar-refractivity contribution >= 4 is 5.96 Å². The van der Waals surface area contributed by atoms with E-state index in [0.29, 0.717) is 6.54 Å². The largest absolute Gasteiger partial charge is 0.497 e. The fraction of sp³-hybridized carbons (Fsp3) is 0.333. The van der Waals surface area contributed by atoms with Gasteiger partial charge >= 0.3 is 0 Å². The van der Waals surface area contributed by atoms with Crippen LogP contribution in [0.3, 0.4) is 0 Å². The molecule has 6 heteroatoms. The molecule has 2 aromatic carbocycles. The van der Waals surface area contributed by atoms with Crippen molar-refractivity contribution in [3.05, 3.63) is 83.9 Å². The second-order valence-corrected chi connectivity index (χ2v) is 7.15.